The van der Waals surface area contributed by atoms with Crippen LogP contribution in [-0.2, 0) is 19.5 Å². The second-order valence-electron chi connectivity index (χ2n) is 6.97. The van der Waals surface area contributed by atoms with Crippen molar-refractivity contribution in [2.75, 3.05) is 12.0 Å². The molecule has 0 unspecified atom stereocenters. The maximum Gasteiger partial charge on any atom is 0.278 e. The number of nitro groups is 1. The molecule has 3 aromatic rings. The molecule has 0 fully saturated rings. The van der Waals surface area contributed by atoms with Gasteiger partial charge in [-0.05, 0) is 11.6 Å². The lowest BCUT2D eigenvalue weighted by Gasteiger charge is -2.27. The van der Waals surface area contributed by atoms with E-state index in [1.54, 1.807) is 18.2 Å². The largest absolute Gasteiger partial charge is 0.294 e. The van der Waals surface area contributed by atoms with Gasteiger partial charge in [-0.3, -0.25) is 24.8 Å². The fourth-order valence-electron chi connectivity index (χ4n) is 3.44. The highest BCUT2D eigenvalue weighted by atomic mass is 16.6. The van der Waals surface area contributed by atoms with E-state index in [9.17, 15) is 14.9 Å². The van der Waals surface area contributed by atoms with Gasteiger partial charge in [0.05, 0.1) is 28.0 Å². The molecule has 0 aliphatic carbocycles. The van der Waals surface area contributed by atoms with Crippen LogP contribution in [0.15, 0.2) is 64.5 Å². The first kappa shape index (κ1) is 19.5. The molecule has 9 nitrogen and oxygen atoms in total. The summed E-state index contributed by atoms with van der Waals surface area (Å²) in [6.07, 6.45) is 1.99. The summed E-state index contributed by atoms with van der Waals surface area (Å²) in [5, 5.41) is 15.1. The topological polar surface area (TPSA) is 117 Å². The SMILES string of the molecule is O=c1[nH]c(N/N=C\c2ccccc2[N+](=O)[O-])nc2c1CN(Cc1ccccc1)CC2. The van der Waals surface area contributed by atoms with E-state index in [2.05, 4.69) is 37.5 Å². The lowest BCUT2D eigenvalue weighted by atomic mass is 10.1. The van der Waals surface area contributed by atoms with Crippen LogP contribution in [0.25, 0.3) is 0 Å². The summed E-state index contributed by atoms with van der Waals surface area (Å²) in [5.41, 5.74) is 5.37. The van der Waals surface area contributed by atoms with Crippen LogP contribution in [0.2, 0.25) is 0 Å². The smallest absolute Gasteiger partial charge is 0.278 e. The zero-order valence-corrected chi connectivity index (χ0v) is 16.1. The monoisotopic (exact) mass is 404 g/mol. The summed E-state index contributed by atoms with van der Waals surface area (Å²) >= 11 is 0. The van der Waals surface area contributed by atoms with Crippen LogP contribution in [0, 0.1) is 10.1 Å². The third kappa shape index (κ3) is 4.41. The van der Waals surface area contributed by atoms with Crippen LogP contribution in [0.1, 0.15) is 22.4 Å². The van der Waals surface area contributed by atoms with Gasteiger partial charge < -0.3 is 0 Å². The molecule has 9 heteroatoms. The highest BCUT2D eigenvalue weighted by Crippen LogP contribution is 2.18. The lowest BCUT2D eigenvalue weighted by molar-refractivity contribution is -0.385. The predicted octanol–water partition coefficient (Wildman–Crippen LogP) is 2.68. The standard InChI is InChI=1S/C21H20N6O3/c28-20-17-14-26(13-15-6-2-1-3-7-15)11-10-18(17)23-21(24-20)25-22-12-16-8-4-5-9-19(16)27(29)30/h1-9,12H,10-11,13-14H2,(H2,23,24,25,28)/b22-12-. The van der Waals surface area contributed by atoms with Crippen molar-refractivity contribution >= 4 is 17.9 Å². The molecule has 0 amide bonds. The maximum absolute atomic E-state index is 12.6. The number of aromatic nitrogens is 2. The van der Waals surface area contributed by atoms with Gasteiger partial charge in [-0.15, -0.1) is 0 Å². The molecule has 0 spiro atoms. The number of nitrogens with one attached hydrogen (secondary N) is 2. The molecule has 30 heavy (non-hydrogen) atoms. The van der Waals surface area contributed by atoms with E-state index in [1.165, 1.54) is 17.8 Å². The normalized spacial score (nSPS) is 13.9. The molecule has 2 N–H and O–H groups in total. The summed E-state index contributed by atoms with van der Waals surface area (Å²) < 4.78 is 0. The Morgan fingerprint density at radius 3 is 2.77 bits per heavy atom. The molecule has 4 rings (SSSR count). The van der Waals surface area contributed by atoms with E-state index in [1.807, 2.05) is 18.2 Å². The molecule has 1 aromatic heterocycles. The van der Waals surface area contributed by atoms with Crippen molar-refractivity contribution in [2.45, 2.75) is 19.5 Å². The zero-order valence-electron chi connectivity index (χ0n) is 16.1. The van der Waals surface area contributed by atoms with Gasteiger partial charge in [-0.1, -0.05) is 42.5 Å². The average molecular weight is 404 g/mol. The van der Waals surface area contributed by atoms with Gasteiger partial charge in [-0.2, -0.15) is 5.10 Å². The van der Waals surface area contributed by atoms with E-state index in [4.69, 9.17) is 0 Å². The summed E-state index contributed by atoms with van der Waals surface area (Å²) in [7, 11) is 0. The van der Waals surface area contributed by atoms with E-state index in [-0.39, 0.29) is 17.2 Å². The first-order chi connectivity index (χ1) is 14.6. The van der Waals surface area contributed by atoms with E-state index < -0.39 is 4.92 Å². The lowest BCUT2D eigenvalue weighted by Crippen LogP contribution is -2.35. The Bertz CT molecular complexity index is 1140. The van der Waals surface area contributed by atoms with Crippen molar-refractivity contribution in [3.05, 3.63) is 97.4 Å². The van der Waals surface area contributed by atoms with Crippen molar-refractivity contribution in [1.29, 1.82) is 0 Å². The van der Waals surface area contributed by atoms with Crippen LogP contribution in [0.4, 0.5) is 11.6 Å². The highest BCUT2D eigenvalue weighted by molar-refractivity contribution is 5.85. The summed E-state index contributed by atoms with van der Waals surface area (Å²) in [5.74, 6) is 0.213. The average Bonchev–Trinajstić information content (AvgIpc) is 2.75. The molecule has 0 saturated heterocycles. The number of hydrazone groups is 1. The Morgan fingerprint density at radius 2 is 1.97 bits per heavy atom. The number of nitro benzene ring substituents is 1. The minimum absolute atomic E-state index is 0.0477. The number of H-pyrrole nitrogens is 1. The first-order valence-corrected chi connectivity index (χ1v) is 9.51. The fraction of sp³-hybridized carbons (Fsp3) is 0.190. The fourth-order valence-corrected chi connectivity index (χ4v) is 3.44. The first-order valence-electron chi connectivity index (χ1n) is 9.51. The molecule has 2 aromatic carbocycles. The summed E-state index contributed by atoms with van der Waals surface area (Å²) in [6, 6.07) is 16.4. The van der Waals surface area contributed by atoms with Crippen molar-refractivity contribution in [2.24, 2.45) is 5.10 Å². The predicted molar refractivity (Wildman–Crippen MR) is 113 cm³/mol. The van der Waals surface area contributed by atoms with Crippen molar-refractivity contribution in [1.82, 2.24) is 14.9 Å². The number of nitrogens with zero attached hydrogens (tertiary/aromatic N) is 4. The second-order valence-corrected chi connectivity index (χ2v) is 6.97. The molecular weight excluding hydrogens is 384 g/mol. The number of hydrogen-bond donors (Lipinski definition) is 2. The zero-order chi connectivity index (χ0) is 20.9. The van der Waals surface area contributed by atoms with Gasteiger partial charge >= 0.3 is 0 Å². The van der Waals surface area contributed by atoms with Crippen LogP contribution in [-0.4, -0.2) is 32.6 Å². The molecule has 1 aliphatic rings. The van der Waals surface area contributed by atoms with E-state index in [0.29, 0.717) is 24.1 Å². The molecule has 0 radical (unpaired) electrons. The van der Waals surface area contributed by atoms with Gasteiger partial charge in [0.2, 0.25) is 5.95 Å². The Kier molecular flexibility index (Phi) is 5.62. The molecular formula is C21H20N6O3. The number of hydrogen-bond acceptors (Lipinski definition) is 7. The Hall–Kier alpha value is -3.85. The third-order valence-electron chi connectivity index (χ3n) is 4.90. The number of aromatic amines is 1. The van der Waals surface area contributed by atoms with Gasteiger partial charge in [0.15, 0.2) is 0 Å². The van der Waals surface area contributed by atoms with E-state index in [0.717, 1.165) is 18.8 Å². The number of rotatable bonds is 6. The van der Waals surface area contributed by atoms with Crippen LogP contribution < -0.4 is 11.0 Å². The van der Waals surface area contributed by atoms with Gasteiger partial charge in [-0.25, -0.2) is 10.4 Å². The van der Waals surface area contributed by atoms with Crippen molar-refractivity contribution in [3.63, 3.8) is 0 Å². The van der Waals surface area contributed by atoms with E-state index >= 15 is 0 Å². The Balaban J connectivity index is 1.46. The molecule has 0 atom stereocenters. The molecule has 152 valence electrons. The van der Waals surface area contributed by atoms with Crippen LogP contribution in [0.3, 0.4) is 0 Å². The van der Waals surface area contributed by atoms with Gasteiger partial charge in [0.1, 0.15) is 0 Å². The maximum atomic E-state index is 12.6. The minimum Gasteiger partial charge on any atom is -0.294 e. The summed E-state index contributed by atoms with van der Waals surface area (Å²) in [4.78, 5) is 32.5. The molecule has 2 heterocycles. The van der Waals surface area contributed by atoms with Crippen LogP contribution >= 0.6 is 0 Å². The Morgan fingerprint density at radius 1 is 1.20 bits per heavy atom. The number of benzene rings is 2. The number of fused-ring (bicyclic) bond motifs is 1. The third-order valence-corrected chi connectivity index (χ3v) is 4.90. The highest BCUT2D eigenvalue weighted by Gasteiger charge is 2.21. The minimum atomic E-state index is -0.471. The molecule has 0 bridgehead atoms. The molecule has 0 saturated carbocycles. The van der Waals surface area contributed by atoms with Crippen LogP contribution in [0.5, 0.6) is 0 Å². The molecule has 1 aliphatic heterocycles. The summed E-state index contributed by atoms with van der Waals surface area (Å²) in [6.45, 7) is 2.11. The number of anilines is 1. The second kappa shape index (κ2) is 8.66. The Labute approximate surface area is 172 Å². The van der Waals surface area contributed by atoms with Gasteiger partial charge in [0.25, 0.3) is 11.2 Å². The number of para-hydroxylation sites is 1. The van der Waals surface area contributed by atoms with Crippen molar-refractivity contribution < 1.29 is 4.92 Å². The van der Waals surface area contributed by atoms with Crippen molar-refractivity contribution in [3.8, 4) is 0 Å². The quantitative estimate of drug-likeness (QED) is 0.371. The van der Waals surface area contributed by atoms with Gasteiger partial charge in [0, 0.05) is 32.1 Å².